The lowest BCUT2D eigenvalue weighted by molar-refractivity contribution is -0.156. The first kappa shape index (κ1) is 19.7. The number of carbonyl (C=O) groups is 3. The second kappa shape index (κ2) is 7.68. The molecule has 0 aromatic rings. The van der Waals surface area contributed by atoms with Gasteiger partial charge < -0.3 is 15.0 Å². The maximum Gasteiger partial charge on any atom is 0.325 e. The van der Waals surface area contributed by atoms with E-state index in [0.29, 0.717) is 17.8 Å². The van der Waals surface area contributed by atoms with Crippen LogP contribution in [0.15, 0.2) is 0 Å². The Hall–Kier alpha value is -1.59. The van der Waals surface area contributed by atoms with Crippen molar-refractivity contribution in [3.05, 3.63) is 0 Å². The monoisotopic (exact) mass is 390 g/mol. The number of hydrogen-bond donors (Lipinski definition) is 1. The molecule has 2 amide bonds. The van der Waals surface area contributed by atoms with Crippen LogP contribution in [0.5, 0.6) is 0 Å². The third-order valence-electron chi connectivity index (χ3n) is 7.75. The van der Waals surface area contributed by atoms with Gasteiger partial charge >= 0.3 is 5.97 Å². The Bertz CT molecular complexity index is 601. The first-order valence-electron chi connectivity index (χ1n) is 11.1. The number of rotatable bonds is 5. The fourth-order valence-electron chi connectivity index (χ4n) is 6.91. The Kier molecular flexibility index (Phi) is 5.41. The van der Waals surface area contributed by atoms with Crippen molar-refractivity contribution in [1.29, 1.82) is 0 Å². The number of esters is 1. The smallest absolute Gasteiger partial charge is 0.325 e. The van der Waals surface area contributed by atoms with Gasteiger partial charge in [-0.05, 0) is 89.4 Å². The summed E-state index contributed by atoms with van der Waals surface area (Å²) in [5, 5.41) is 2.82. The van der Waals surface area contributed by atoms with E-state index < -0.39 is 5.97 Å². The van der Waals surface area contributed by atoms with E-state index in [0.717, 1.165) is 38.5 Å². The van der Waals surface area contributed by atoms with E-state index in [9.17, 15) is 14.4 Å². The van der Waals surface area contributed by atoms with E-state index in [2.05, 4.69) is 5.32 Å². The minimum atomic E-state index is -0.524. The number of nitrogens with zero attached hydrogens (tertiary/aromatic N) is 1. The summed E-state index contributed by atoms with van der Waals surface area (Å²) in [5.41, 5.74) is -0.260. The molecule has 0 spiro atoms. The summed E-state index contributed by atoms with van der Waals surface area (Å²) in [4.78, 5) is 39.3. The highest BCUT2D eigenvalue weighted by molar-refractivity contribution is 5.87. The molecule has 5 aliphatic rings. The number of carbonyl (C=O) groups excluding carboxylic acids is 3. The number of likely N-dealkylation sites (tertiary alicyclic amines) is 1. The van der Waals surface area contributed by atoms with Crippen molar-refractivity contribution < 1.29 is 19.1 Å². The quantitative estimate of drug-likeness (QED) is 0.732. The van der Waals surface area contributed by atoms with Crippen LogP contribution in [0.25, 0.3) is 0 Å². The highest BCUT2D eigenvalue weighted by Gasteiger charge is 2.54. The van der Waals surface area contributed by atoms with Crippen molar-refractivity contribution >= 4 is 17.8 Å². The second-order valence-corrected chi connectivity index (χ2v) is 9.97. The minimum absolute atomic E-state index is 0.0214. The van der Waals surface area contributed by atoms with Gasteiger partial charge in [-0.1, -0.05) is 0 Å². The molecular weight excluding hydrogens is 356 g/mol. The Morgan fingerprint density at radius 2 is 1.50 bits per heavy atom. The SMILES string of the molecule is C[C@H]1CCC[C@H](C)N1C(=O)COC(=O)CNC(=O)C12CC3CC(CC(C3)C1)C2. The Morgan fingerprint density at radius 1 is 0.964 bits per heavy atom. The molecule has 2 atom stereocenters. The predicted molar refractivity (Wildman–Crippen MR) is 104 cm³/mol. The summed E-state index contributed by atoms with van der Waals surface area (Å²) >= 11 is 0. The zero-order valence-electron chi connectivity index (χ0n) is 17.2. The molecule has 4 bridgehead atoms. The molecule has 28 heavy (non-hydrogen) atoms. The molecule has 4 aliphatic carbocycles. The fraction of sp³-hybridized carbons (Fsp3) is 0.864. The van der Waals surface area contributed by atoms with Crippen LogP contribution in [-0.2, 0) is 19.1 Å². The van der Waals surface area contributed by atoms with E-state index in [-0.39, 0.29) is 42.5 Å². The molecule has 1 N–H and O–H groups in total. The van der Waals surface area contributed by atoms with Crippen molar-refractivity contribution in [3.63, 3.8) is 0 Å². The third kappa shape index (κ3) is 3.79. The molecule has 0 radical (unpaired) electrons. The molecule has 5 rings (SSSR count). The van der Waals surface area contributed by atoms with E-state index >= 15 is 0 Å². The molecule has 156 valence electrons. The minimum Gasteiger partial charge on any atom is -0.454 e. The molecule has 6 heteroatoms. The van der Waals surface area contributed by atoms with Gasteiger partial charge in [0.2, 0.25) is 5.91 Å². The molecule has 4 saturated carbocycles. The maximum atomic E-state index is 12.9. The largest absolute Gasteiger partial charge is 0.454 e. The van der Waals surface area contributed by atoms with Gasteiger partial charge in [-0.3, -0.25) is 14.4 Å². The molecule has 0 unspecified atom stereocenters. The van der Waals surface area contributed by atoms with Crippen LogP contribution < -0.4 is 5.32 Å². The van der Waals surface area contributed by atoms with Crippen molar-refractivity contribution in [2.75, 3.05) is 13.2 Å². The number of hydrogen-bond acceptors (Lipinski definition) is 4. The second-order valence-electron chi connectivity index (χ2n) is 9.97. The lowest BCUT2D eigenvalue weighted by Gasteiger charge is -2.55. The van der Waals surface area contributed by atoms with Gasteiger partial charge in [0.25, 0.3) is 5.91 Å². The van der Waals surface area contributed by atoms with Crippen LogP contribution in [0.4, 0.5) is 0 Å². The number of nitrogens with one attached hydrogen (secondary N) is 1. The van der Waals surface area contributed by atoms with E-state index in [1.807, 2.05) is 18.7 Å². The average Bonchev–Trinajstić information content (AvgIpc) is 2.63. The lowest BCUT2D eigenvalue weighted by atomic mass is 9.49. The van der Waals surface area contributed by atoms with E-state index in [1.165, 1.54) is 19.3 Å². The van der Waals surface area contributed by atoms with E-state index in [4.69, 9.17) is 4.74 Å². The standard InChI is InChI=1S/C22H34N2O4/c1-14-4-3-5-15(2)24(14)19(25)13-28-20(26)12-23-21(27)22-9-16-6-17(10-22)8-18(7-16)11-22/h14-18H,3-13H2,1-2H3,(H,23,27)/t14-,15-,16?,17?,18?,22?/m0/s1. The molecule has 0 aromatic carbocycles. The normalized spacial score (nSPS) is 38.9. The highest BCUT2D eigenvalue weighted by Crippen LogP contribution is 2.60. The molecule has 0 aromatic heterocycles. The van der Waals surface area contributed by atoms with Gasteiger partial charge in [0.05, 0.1) is 0 Å². The average molecular weight is 391 g/mol. The molecule has 1 saturated heterocycles. The van der Waals surface area contributed by atoms with Gasteiger partial charge in [-0.25, -0.2) is 0 Å². The number of piperidine rings is 1. The summed E-state index contributed by atoms with van der Waals surface area (Å²) in [7, 11) is 0. The maximum absolute atomic E-state index is 12.9. The third-order valence-corrected chi connectivity index (χ3v) is 7.75. The summed E-state index contributed by atoms with van der Waals surface area (Å²) in [6.45, 7) is 3.71. The van der Waals surface area contributed by atoms with Crippen LogP contribution in [-0.4, -0.2) is 47.9 Å². The Balaban J connectivity index is 1.23. The predicted octanol–water partition coefficient (Wildman–Crippen LogP) is 2.65. The van der Waals surface area contributed by atoms with Crippen molar-refractivity contribution in [3.8, 4) is 0 Å². The molecule has 6 nitrogen and oxygen atoms in total. The van der Waals surface area contributed by atoms with Gasteiger partial charge in [0.15, 0.2) is 6.61 Å². The van der Waals surface area contributed by atoms with Crippen LogP contribution >= 0.6 is 0 Å². The zero-order chi connectivity index (χ0) is 19.9. The first-order chi connectivity index (χ1) is 13.4. The van der Waals surface area contributed by atoms with Crippen molar-refractivity contribution in [2.45, 2.75) is 83.7 Å². The van der Waals surface area contributed by atoms with Gasteiger partial charge in [-0.2, -0.15) is 0 Å². The van der Waals surface area contributed by atoms with Crippen LogP contribution in [0.2, 0.25) is 0 Å². The number of amides is 2. The van der Waals surface area contributed by atoms with Crippen LogP contribution in [0, 0.1) is 23.2 Å². The zero-order valence-corrected chi connectivity index (χ0v) is 17.2. The van der Waals surface area contributed by atoms with Gasteiger partial charge in [-0.15, -0.1) is 0 Å². The Morgan fingerprint density at radius 3 is 2.04 bits per heavy atom. The number of ether oxygens (including phenoxy) is 1. The molecular formula is C22H34N2O4. The highest BCUT2D eigenvalue weighted by atomic mass is 16.5. The van der Waals surface area contributed by atoms with Crippen LogP contribution in [0.1, 0.15) is 71.6 Å². The summed E-state index contributed by atoms with van der Waals surface area (Å²) in [5.74, 6) is 1.43. The Labute approximate surface area is 167 Å². The van der Waals surface area contributed by atoms with Crippen molar-refractivity contribution in [2.24, 2.45) is 23.2 Å². The fourth-order valence-corrected chi connectivity index (χ4v) is 6.91. The van der Waals surface area contributed by atoms with Crippen molar-refractivity contribution in [1.82, 2.24) is 10.2 Å². The molecule has 1 heterocycles. The van der Waals surface area contributed by atoms with Crippen LogP contribution in [0.3, 0.4) is 0 Å². The first-order valence-corrected chi connectivity index (χ1v) is 11.1. The summed E-state index contributed by atoms with van der Waals surface area (Å²) in [6, 6.07) is 0.372. The lowest BCUT2D eigenvalue weighted by Crippen LogP contribution is -2.54. The van der Waals surface area contributed by atoms with Gasteiger partial charge in [0.1, 0.15) is 6.54 Å². The van der Waals surface area contributed by atoms with Gasteiger partial charge in [0, 0.05) is 17.5 Å². The molecule has 1 aliphatic heterocycles. The molecule has 5 fully saturated rings. The van der Waals surface area contributed by atoms with E-state index in [1.54, 1.807) is 0 Å². The topological polar surface area (TPSA) is 75.7 Å². The summed E-state index contributed by atoms with van der Waals surface area (Å²) < 4.78 is 5.18. The summed E-state index contributed by atoms with van der Waals surface area (Å²) in [6.07, 6.45) is 9.88.